The van der Waals surface area contributed by atoms with Crippen LogP contribution in [0.1, 0.15) is 25.0 Å². The van der Waals surface area contributed by atoms with E-state index in [0.717, 1.165) is 39.3 Å². The molecule has 0 fully saturated rings. The lowest BCUT2D eigenvalue weighted by atomic mass is 9.78. The molecule has 0 radical (unpaired) electrons. The van der Waals surface area contributed by atoms with E-state index in [1.165, 1.54) is 49.5 Å². The van der Waals surface area contributed by atoms with Gasteiger partial charge in [0, 0.05) is 22.1 Å². The third-order valence-corrected chi connectivity index (χ3v) is 9.88. The van der Waals surface area contributed by atoms with E-state index in [2.05, 4.69) is 166 Å². The molecule has 0 bridgehead atoms. The molecule has 8 aromatic rings. The monoisotopic (exact) mass is 600 g/mol. The molecule has 9 rings (SSSR count). The third-order valence-electron chi connectivity index (χ3n) is 9.88. The molecule has 1 heterocycles. The standard InChI is InChI=1S/C45H32N2/c1-45(2)40-22-11-10-19-36(40)38-21-12-20-37(43(38)45)35-25-26-39(34-18-9-8-17-33(34)35)44-46-41(30-14-4-3-5-15-30)28-42(47-44)32-24-23-29-13-6-7-16-31(29)27-32/h3-28H,1-2H3. The van der Waals surface area contributed by atoms with Crippen molar-refractivity contribution in [2.24, 2.45) is 0 Å². The van der Waals surface area contributed by atoms with Crippen molar-refractivity contribution in [3.05, 3.63) is 169 Å². The maximum absolute atomic E-state index is 5.26. The van der Waals surface area contributed by atoms with E-state index >= 15 is 0 Å². The average molecular weight is 601 g/mol. The Labute approximate surface area is 275 Å². The highest BCUT2D eigenvalue weighted by atomic mass is 14.9. The summed E-state index contributed by atoms with van der Waals surface area (Å²) in [4.78, 5) is 10.5. The van der Waals surface area contributed by atoms with Gasteiger partial charge < -0.3 is 0 Å². The fourth-order valence-corrected chi connectivity index (χ4v) is 7.62. The predicted octanol–water partition coefficient (Wildman–Crippen LogP) is 11.8. The lowest BCUT2D eigenvalue weighted by Gasteiger charge is -2.25. The predicted molar refractivity (Wildman–Crippen MR) is 196 cm³/mol. The summed E-state index contributed by atoms with van der Waals surface area (Å²) >= 11 is 0. The van der Waals surface area contributed by atoms with Crippen LogP contribution < -0.4 is 0 Å². The smallest absolute Gasteiger partial charge is 0.161 e. The zero-order chi connectivity index (χ0) is 31.5. The third kappa shape index (κ3) is 4.40. The first-order valence-corrected chi connectivity index (χ1v) is 16.3. The van der Waals surface area contributed by atoms with E-state index in [9.17, 15) is 0 Å². The highest BCUT2D eigenvalue weighted by molar-refractivity contribution is 6.06. The van der Waals surface area contributed by atoms with Gasteiger partial charge in [-0.3, -0.25) is 0 Å². The van der Waals surface area contributed by atoms with Crippen molar-refractivity contribution >= 4 is 21.5 Å². The Hall–Kier alpha value is -5.86. The molecule has 1 aromatic heterocycles. The largest absolute Gasteiger partial charge is 0.228 e. The molecular formula is C45H32N2. The van der Waals surface area contributed by atoms with Crippen LogP contribution in [-0.4, -0.2) is 9.97 Å². The second-order valence-corrected chi connectivity index (χ2v) is 13.0. The van der Waals surface area contributed by atoms with Gasteiger partial charge in [-0.25, -0.2) is 9.97 Å². The number of hydrogen-bond acceptors (Lipinski definition) is 2. The SMILES string of the molecule is CC1(C)c2ccccc2-c2cccc(-c3ccc(-c4nc(-c5ccccc5)cc(-c5ccc6ccccc6c5)n4)c4ccccc34)c21. The summed E-state index contributed by atoms with van der Waals surface area (Å²) in [6.45, 7) is 4.71. The summed E-state index contributed by atoms with van der Waals surface area (Å²) in [5.74, 6) is 0.725. The van der Waals surface area contributed by atoms with Crippen molar-refractivity contribution in [1.29, 1.82) is 0 Å². The van der Waals surface area contributed by atoms with Gasteiger partial charge in [0.1, 0.15) is 0 Å². The summed E-state index contributed by atoms with van der Waals surface area (Å²) in [5.41, 5.74) is 12.8. The molecule has 0 saturated carbocycles. The fourth-order valence-electron chi connectivity index (χ4n) is 7.62. The topological polar surface area (TPSA) is 25.8 Å². The Balaban J connectivity index is 1.26. The van der Waals surface area contributed by atoms with Gasteiger partial charge in [0.25, 0.3) is 0 Å². The Bertz CT molecular complexity index is 2490. The van der Waals surface area contributed by atoms with E-state index in [0.29, 0.717) is 0 Å². The molecular weight excluding hydrogens is 569 g/mol. The van der Waals surface area contributed by atoms with Crippen LogP contribution in [0.25, 0.3) is 77.7 Å². The summed E-state index contributed by atoms with van der Waals surface area (Å²) in [6, 6.07) is 56.4. The zero-order valence-electron chi connectivity index (χ0n) is 26.4. The second-order valence-electron chi connectivity index (χ2n) is 13.0. The van der Waals surface area contributed by atoms with Crippen LogP contribution >= 0.6 is 0 Å². The molecule has 2 nitrogen and oxygen atoms in total. The van der Waals surface area contributed by atoms with Crippen molar-refractivity contribution in [3.8, 4) is 56.2 Å². The summed E-state index contributed by atoms with van der Waals surface area (Å²) in [6.07, 6.45) is 0. The Morgan fingerprint density at radius 1 is 0.404 bits per heavy atom. The Morgan fingerprint density at radius 2 is 1.00 bits per heavy atom. The lowest BCUT2D eigenvalue weighted by Crippen LogP contribution is -2.16. The molecule has 0 spiro atoms. The minimum atomic E-state index is -0.107. The Kier molecular flexibility index (Phi) is 6.20. The molecule has 0 saturated heterocycles. The maximum atomic E-state index is 5.26. The van der Waals surface area contributed by atoms with Crippen LogP contribution in [-0.2, 0) is 5.41 Å². The summed E-state index contributed by atoms with van der Waals surface area (Å²) in [5, 5.41) is 4.76. The molecule has 1 aliphatic carbocycles. The van der Waals surface area contributed by atoms with Gasteiger partial charge in [-0.05, 0) is 73.1 Å². The molecule has 1 aliphatic rings. The van der Waals surface area contributed by atoms with E-state index in [4.69, 9.17) is 9.97 Å². The number of hydrogen-bond donors (Lipinski definition) is 0. The highest BCUT2D eigenvalue weighted by Crippen LogP contribution is 2.53. The van der Waals surface area contributed by atoms with Gasteiger partial charge in [0.2, 0.25) is 0 Å². The quantitative estimate of drug-likeness (QED) is 0.201. The van der Waals surface area contributed by atoms with Gasteiger partial charge in [-0.2, -0.15) is 0 Å². The van der Waals surface area contributed by atoms with E-state index < -0.39 is 0 Å². The molecule has 7 aromatic carbocycles. The molecule has 0 aliphatic heterocycles. The number of aromatic nitrogens is 2. The molecule has 0 unspecified atom stereocenters. The van der Waals surface area contributed by atoms with E-state index in [-0.39, 0.29) is 5.41 Å². The number of benzene rings is 7. The second kappa shape index (κ2) is 10.6. The van der Waals surface area contributed by atoms with Crippen molar-refractivity contribution in [2.75, 3.05) is 0 Å². The van der Waals surface area contributed by atoms with Crippen LogP contribution in [0.4, 0.5) is 0 Å². The minimum absolute atomic E-state index is 0.107. The Morgan fingerprint density at radius 3 is 1.81 bits per heavy atom. The summed E-state index contributed by atoms with van der Waals surface area (Å²) in [7, 11) is 0. The van der Waals surface area contributed by atoms with Crippen molar-refractivity contribution in [1.82, 2.24) is 9.97 Å². The van der Waals surface area contributed by atoms with E-state index in [1.54, 1.807) is 0 Å². The molecule has 0 N–H and O–H groups in total. The number of nitrogens with zero attached hydrogens (tertiary/aromatic N) is 2. The highest BCUT2D eigenvalue weighted by Gasteiger charge is 2.37. The first-order chi connectivity index (χ1) is 23.1. The lowest BCUT2D eigenvalue weighted by molar-refractivity contribution is 0.662. The fraction of sp³-hybridized carbons (Fsp3) is 0.0667. The van der Waals surface area contributed by atoms with E-state index in [1.807, 2.05) is 6.07 Å². The normalized spacial score (nSPS) is 13.1. The van der Waals surface area contributed by atoms with Crippen LogP contribution in [0, 0.1) is 0 Å². The van der Waals surface area contributed by atoms with Gasteiger partial charge in [0.15, 0.2) is 5.82 Å². The van der Waals surface area contributed by atoms with Crippen LogP contribution in [0.5, 0.6) is 0 Å². The van der Waals surface area contributed by atoms with Crippen molar-refractivity contribution in [3.63, 3.8) is 0 Å². The number of rotatable bonds is 4. The number of fused-ring (bicyclic) bond motifs is 5. The minimum Gasteiger partial charge on any atom is -0.228 e. The van der Waals surface area contributed by atoms with Crippen LogP contribution in [0.3, 0.4) is 0 Å². The van der Waals surface area contributed by atoms with Crippen LogP contribution in [0.15, 0.2) is 158 Å². The summed E-state index contributed by atoms with van der Waals surface area (Å²) < 4.78 is 0. The van der Waals surface area contributed by atoms with Crippen LogP contribution in [0.2, 0.25) is 0 Å². The first-order valence-electron chi connectivity index (χ1n) is 16.3. The van der Waals surface area contributed by atoms with Crippen molar-refractivity contribution < 1.29 is 0 Å². The zero-order valence-corrected chi connectivity index (χ0v) is 26.4. The molecule has 47 heavy (non-hydrogen) atoms. The van der Waals surface area contributed by atoms with Gasteiger partial charge in [0.05, 0.1) is 11.4 Å². The van der Waals surface area contributed by atoms with Crippen molar-refractivity contribution in [2.45, 2.75) is 19.3 Å². The molecule has 0 amide bonds. The molecule has 222 valence electrons. The average Bonchev–Trinajstić information content (AvgIpc) is 3.37. The van der Waals surface area contributed by atoms with Gasteiger partial charge in [-0.15, -0.1) is 0 Å². The molecule has 2 heteroatoms. The maximum Gasteiger partial charge on any atom is 0.161 e. The first kappa shape index (κ1) is 27.5. The van der Waals surface area contributed by atoms with Gasteiger partial charge >= 0.3 is 0 Å². The van der Waals surface area contributed by atoms with Gasteiger partial charge in [-0.1, -0.05) is 153 Å². The molecule has 0 atom stereocenters.